The topological polar surface area (TPSA) is 99.1 Å². The summed E-state index contributed by atoms with van der Waals surface area (Å²) in [6, 6.07) is 7.09. The quantitative estimate of drug-likeness (QED) is 0.217. The van der Waals surface area contributed by atoms with E-state index in [0.29, 0.717) is 17.7 Å². The van der Waals surface area contributed by atoms with Crippen molar-refractivity contribution in [3.8, 4) is 5.75 Å². The molecule has 0 radical (unpaired) electrons. The number of ether oxygens (including phenoxy) is 1. The number of aliphatic hydroxyl groups excluding tert-OH is 2. The first-order valence-corrected chi connectivity index (χ1v) is 15.0. The number of aliphatic hydroxyl groups is 2. The molecule has 0 spiro atoms. The summed E-state index contributed by atoms with van der Waals surface area (Å²) >= 11 is 2.19. The van der Waals surface area contributed by atoms with E-state index < -0.39 is 18.2 Å². The van der Waals surface area contributed by atoms with Crippen LogP contribution >= 0.6 is 22.6 Å². The van der Waals surface area contributed by atoms with Gasteiger partial charge in [0.05, 0.1) is 16.2 Å². The number of carbonyl (C=O) groups is 2. The Bertz CT molecular complexity index is 902. The van der Waals surface area contributed by atoms with Crippen molar-refractivity contribution >= 4 is 34.4 Å². The zero-order valence-corrected chi connectivity index (χ0v) is 24.2. The molecule has 8 heteroatoms. The van der Waals surface area contributed by atoms with Gasteiger partial charge in [0, 0.05) is 31.0 Å². The van der Waals surface area contributed by atoms with Crippen molar-refractivity contribution in [1.29, 1.82) is 0 Å². The van der Waals surface area contributed by atoms with Crippen LogP contribution < -0.4 is 10.1 Å². The first-order chi connectivity index (χ1) is 18.0. The van der Waals surface area contributed by atoms with Crippen LogP contribution in [0.5, 0.6) is 5.75 Å². The molecule has 0 bridgehead atoms. The number of unbranched alkanes of at least 4 members (excludes halogenated alkanes) is 4. The Kier molecular flexibility index (Phi) is 12.7. The zero-order chi connectivity index (χ0) is 26.6. The summed E-state index contributed by atoms with van der Waals surface area (Å²) in [7, 11) is 0. The third kappa shape index (κ3) is 8.68. The number of carbonyl (C=O) groups excluding carboxylic acids is 2. The second kappa shape index (κ2) is 15.7. The van der Waals surface area contributed by atoms with Gasteiger partial charge in [0.15, 0.2) is 0 Å². The highest BCUT2D eigenvalue weighted by molar-refractivity contribution is 14.1. The summed E-state index contributed by atoms with van der Waals surface area (Å²) in [5, 5.41) is 23.5. The van der Waals surface area contributed by atoms with Crippen molar-refractivity contribution in [3.63, 3.8) is 0 Å². The molecule has 0 aromatic heterocycles. The summed E-state index contributed by atoms with van der Waals surface area (Å²) in [5.74, 6) is 0.404. The highest BCUT2D eigenvalue weighted by atomic mass is 127. The number of halogens is 1. The minimum atomic E-state index is -0.962. The lowest BCUT2D eigenvalue weighted by Gasteiger charge is -2.45. The van der Waals surface area contributed by atoms with Crippen molar-refractivity contribution in [1.82, 2.24) is 10.2 Å². The van der Waals surface area contributed by atoms with Crippen LogP contribution in [0.2, 0.25) is 0 Å². The van der Waals surface area contributed by atoms with Crippen LogP contribution in [-0.2, 0) is 9.59 Å². The molecular weight excluding hydrogens is 583 g/mol. The molecule has 2 aliphatic rings. The summed E-state index contributed by atoms with van der Waals surface area (Å²) in [5.41, 5.74) is 0.483. The lowest BCUT2D eigenvalue weighted by Crippen LogP contribution is -2.58. The van der Waals surface area contributed by atoms with Gasteiger partial charge >= 0.3 is 0 Å². The second-order valence-corrected chi connectivity index (χ2v) is 11.4. The zero-order valence-electron chi connectivity index (χ0n) is 22.0. The predicted octanol–water partition coefficient (Wildman–Crippen LogP) is 4.73. The highest BCUT2D eigenvalue weighted by Gasteiger charge is 2.43. The van der Waals surface area contributed by atoms with Gasteiger partial charge in [-0.25, -0.2) is 0 Å². The van der Waals surface area contributed by atoms with Crippen molar-refractivity contribution in [3.05, 3.63) is 39.5 Å². The summed E-state index contributed by atoms with van der Waals surface area (Å²) < 4.78 is 7.16. The van der Waals surface area contributed by atoms with Crippen molar-refractivity contribution in [2.24, 2.45) is 0 Å². The van der Waals surface area contributed by atoms with Gasteiger partial charge in [-0.1, -0.05) is 64.0 Å². The maximum atomic E-state index is 13.7. The number of rotatable bonds is 13. The standard InChI is InChI=1S/C29H43IN2O5/c1-2-3-4-5-9-16-27(34)32(22-12-7-6-8-13-22)24-19-21(29(36)31-17-18-33)20-26(28(24)35)37-25-15-11-10-14-23(25)30/h10-11,14-15,20,22,24,26,28,33,35H,2-9,12-13,16-19H2,1H3,(H,31,36)/t24-,26+,28+/m1/s1. The van der Waals surface area contributed by atoms with Gasteiger partial charge in [-0.15, -0.1) is 0 Å². The van der Waals surface area contributed by atoms with Crippen LogP contribution in [-0.4, -0.2) is 64.4 Å². The first kappa shape index (κ1) is 29.9. The van der Waals surface area contributed by atoms with Crippen molar-refractivity contribution < 1.29 is 24.5 Å². The monoisotopic (exact) mass is 626 g/mol. The Labute approximate surface area is 235 Å². The molecule has 0 heterocycles. The first-order valence-electron chi connectivity index (χ1n) is 14.0. The third-order valence-electron chi connectivity index (χ3n) is 7.42. The molecule has 0 aliphatic heterocycles. The molecule has 2 amide bonds. The molecule has 7 nitrogen and oxygen atoms in total. The van der Waals surface area contributed by atoms with Crippen LogP contribution in [0.15, 0.2) is 35.9 Å². The summed E-state index contributed by atoms with van der Waals surface area (Å²) in [6.45, 7) is 2.17. The van der Waals surface area contributed by atoms with E-state index in [1.165, 1.54) is 6.42 Å². The van der Waals surface area contributed by atoms with Gasteiger partial charge in [-0.3, -0.25) is 9.59 Å². The number of benzene rings is 1. The van der Waals surface area contributed by atoms with E-state index in [4.69, 9.17) is 4.74 Å². The summed E-state index contributed by atoms with van der Waals surface area (Å²) in [6.07, 6.45) is 11.1. The molecule has 3 atom stereocenters. The number of para-hydroxylation sites is 1. The van der Waals surface area contributed by atoms with E-state index in [1.807, 2.05) is 29.2 Å². The van der Waals surface area contributed by atoms with E-state index in [9.17, 15) is 19.8 Å². The maximum Gasteiger partial charge on any atom is 0.247 e. The van der Waals surface area contributed by atoms with Crippen molar-refractivity contribution in [2.45, 2.75) is 108 Å². The number of amides is 2. The van der Waals surface area contributed by atoms with Gasteiger partial charge < -0.3 is 25.2 Å². The average molecular weight is 627 g/mol. The van der Waals surface area contributed by atoms with Gasteiger partial charge in [0.25, 0.3) is 0 Å². The molecular formula is C29H43IN2O5. The normalized spacial score (nSPS) is 22.3. The second-order valence-electron chi connectivity index (χ2n) is 10.2. The van der Waals surface area contributed by atoms with Crippen LogP contribution in [0.3, 0.4) is 0 Å². The molecule has 1 aromatic rings. The van der Waals surface area contributed by atoms with Gasteiger partial charge in [0.1, 0.15) is 18.0 Å². The van der Waals surface area contributed by atoms with E-state index in [2.05, 4.69) is 34.8 Å². The number of nitrogens with one attached hydrogen (secondary N) is 1. The number of hydrogen-bond acceptors (Lipinski definition) is 5. The third-order valence-corrected chi connectivity index (χ3v) is 8.31. The molecule has 1 fully saturated rings. The average Bonchev–Trinajstić information content (AvgIpc) is 2.91. The Morgan fingerprint density at radius 1 is 1.11 bits per heavy atom. The Morgan fingerprint density at radius 3 is 2.54 bits per heavy atom. The SMILES string of the molecule is CCCCCCCC(=O)N(C1CCCCC1)[C@@H]1CC(C(=O)NCCO)=C[C@H](Oc2ccccc2I)[C@H]1O. The minimum absolute atomic E-state index is 0.0638. The van der Waals surface area contributed by atoms with E-state index >= 15 is 0 Å². The fraction of sp³-hybridized carbons (Fsp3) is 0.655. The van der Waals surface area contributed by atoms with Crippen molar-refractivity contribution in [2.75, 3.05) is 13.2 Å². The van der Waals surface area contributed by atoms with E-state index in [0.717, 1.165) is 61.4 Å². The Hall–Kier alpha value is -1.65. The fourth-order valence-electron chi connectivity index (χ4n) is 5.46. The van der Waals surface area contributed by atoms with E-state index in [-0.39, 0.29) is 37.4 Å². The molecule has 1 aromatic carbocycles. The minimum Gasteiger partial charge on any atom is -0.482 e. The van der Waals surface area contributed by atoms with Crippen LogP contribution in [0.25, 0.3) is 0 Å². The predicted molar refractivity (Wildman–Crippen MR) is 153 cm³/mol. The Balaban J connectivity index is 1.87. The van der Waals surface area contributed by atoms with Crippen LogP contribution in [0.4, 0.5) is 0 Å². The van der Waals surface area contributed by atoms with E-state index in [1.54, 1.807) is 6.08 Å². The van der Waals surface area contributed by atoms with Gasteiger partial charge in [-0.05, 0) is 60.1 Å². The largest absolute Gasteiger partial charge is 0.482 e. The lowest BCUT2D eigenvalue weighted by molar-refractivity contribution is -0.143. The Morgan fingerprint density at radius 2 is 1.84 bits per heavy atom. The fourth-order valence-corrected chi connectivity index (χ4v) is 5.98. The molecule has 2 aliphatic carbocycles. The van der Waals surface area contributed by atoms with Crippen LogP contribution in [0, 0.1) is 3.57 Å². The molecule has 206 valence electrons. The molecule has 1 saturated carbocycles. The molecule has 37 heavy (non-hydrogen) atoms. The summed E-state index contributed by atoms with van der Waals surface area (Å²) in [4.78, 5) is 28.6. The maximum absolute atomic E-state index is 13.7. The van der Waals surface area contributed by atoms with Gasteiger partial charge in [-0.2, -0.15) is 0 Å². The smallest absolute Gasteiger partial charge is 0.247 e. The van der Waals surface area contributed by atoms with Gasteiger partial charge in [0.2, 0.25) is 11.8 Å². The number of hydrogen-bond donors (Lipinski definition) is 3. The number of nitrogens with zero attached hydrogens (tertiary/aromatic N) is 1. The molecule has 0 unspecified atom stereocenters. The lowest BCUT2D eigenvalue weighted by atomic mass is 9.85. The van der Waals surface area contributed by atoms with Crippen LogP contribution in [0.1, 0.15) is 84.0 Å². The molecule has 3 rings (SSSR count). The molecule has 3 N–H and O–H groups in total. The molecule has 0 saturated heterocycles. The highest BCUT2D eigenvalue weighted by Crippen LogP contribution is 2.34.